The first-order valence-corrected chi connectivity index (χ1v) is 6.33. The molecule has 1 rings (SSSR count). The van der Waals surface area contributed by atoms with Gasteiger partial charge in [0.05, 0.1) is 5.69 Å². The quantitative estimate of drug-likeness (QED) is 0.586. The first-order chi connectivity index (χ1) is 7.65. The molecule has 1 unspecified atom stereocenters. The zero-order valence-electron chi connectivity index (χ0n) is 9.82. The summed E-state index contributed by atoms with van der Waals surface area (Å²) in [6.45, 7) is 8.24. The first-order valence-electron chi connectivity index (χ1n) is 5.45. The Hall–Kier alpha value is -1.16. The third kappa shape index (κ3) is 3.77. The normalized spacial score (nSPS) is 12.1. The number of thiazole rings is 1. The Morgan fingerprint density at radius 2 is 2.50 bits per heavy atom. The van der Waals surface area contributed by atoms with E-state index in [1.165, 1.54) is 11.3 Å². The van der Waals surface area contributed by atoms with Crippen molar-refractivity contribution in [3.8, 4) is 0 Å². The Morgan fingerprint density at radius 1 is 1.75 bits per heavy atom. The standard InChI is InChI=1S/C12H18N2OS/c1-4-13-7-5-6-9(2)11-8-16-12(14-11)10(3)15/h4,8-9,13H,1,5-7H2,2-3H3. The highest BCUT2D eigenvalue weighted by atomic mass is 32.1. The van der Waals surface area contributed by atoms with Gasteiger partial charge < -0.3 is 5.32 Å². The van der Waals surface area contributed by atoms with Gasteiger partial charge >= 0.3 is 0 Å². The van der Waals surface area contributed by atoms with E-state index in [4.69, 9.17) is 0 Å². The van der Waals surface area contributed by atoms with Gasteiger partial charge in [-0.15, -0.1) is 11.3 Å². The number of nitrogens with zero attached hydrogens (tertiary/aromatic N) is 1. The predicted octanol–water partition coefficient (Wildman–Crippen LogP) is 2.96. The number of rotatable bonds is 7. The summed E-state index contributed by atoms with van der Waals surface area (Å²) in [7, 11) is 0. The minimum absolute atomic E-state index is 0.0526. The number of ketones is 1. The molecule has 0 amide bonds. The van der Waals surface area contributed by atoms with E-state index in [1.807, 2.05) is 5.38 Å². The van der Waals surface area contributed by atoms with Crippen LogP contribution in [0.25, 0.3) is 0 Å². The molecule has 0 fully saturated rings. The van der Waals surface area contributed by atoms with Crippen molar-refractivity contribution in [3.63, 3.8) is 0 Å². The fourth-order valence-corrected chi connectivity index (χ4v) is 2.28. The van der Waals surface area contributed by atoms with E-state index in [1.54, 1.807) is 13.1 Å². The molecule has 0 aromatic carbocycles. The summed E-state index contributed by atoms with van der Waals surface area (Å²) < 4.78 is 0. The van der Waals surface area contributed by atoms with Gasteiger partial charge in [-0.05, 0) is 25.0 Å². The van der Waals surface area contributed by atoms with E-state index in [2.05, 4.69) is 23.8 Å². The van der Waals surface area contributed by atoms with Gasteiger partial charge in [-0.25, -0.2) is 4.98 Å². The fourth-order valence-electron chi connectivity index (χ4n) is 1.43. The molecule has 16 heavy (non-hydrogen) atoms. The lowest BCUT2D eigenvalue weighted by Gasteiger charge is -2.07. The summed E-state index contributed by atoms with van der Waals surface area (Å²) in [6.07, 6.45) is 3.86. The molecule has 0 bridgehead atoms. The SMILES string of the molecule is C=CNCCCC(C)c1csc(C(C)=O)n1. The van der Waals surface area contributed by atoms with E-state index in [9.17, 15) is 4.79 Å². The third-order valence-electron chi connectivity index (χ3n) is 2.43. The van der Waals surface area contributed by atoms with Crippen LogP contribution in [0.2, 0.25) is 0 Å². The van der Waals surface area contributed by atoms with Crippen molar-refractivity contribution in [2.75, 3.05) is 6.54 Å². The number of hydrogen-bond acceptors (Lipinski definition) is 4. The minimum atomic E-state index is 0.0526. The van der Waals surface area contributed by atoms with Crippen molar-refractivity contribution >= 4 is 17.1 Å². The number of carbonyl (C=O) groups excluding carboxylic acids is 1. The van der Waals surface area contributed by atoms with Gasteiger partial charge in [0, 0.05) is 18.8 Å². The Bertz CT molecular complexity index is 360. The molecule has 88 valence electrons. The second-order valence-corrected chi connectivity index (χ2v) is 4.69. The van der Waals surface area contributed by atoms with E-state index < -0.39 is 0 Å². The molecule has 0 aliphatic heterocycles. The molecule has 0 aliphatic rings. The molecule has 1 atom stereocenters. The van der Waals surface area contributed by atoms with Crippen LogP contribution in [0.4, 0.5) is 0 Å². The molecule has 0 saturated carbocycles. The second kappa shape index (κ2) is 6.43. The summed E-state index contributed by atoms with van der Waals surface area (Å²) >= 11 is 1.44. The first kappa shape index (κ1) is 12.9. The Kier molecular flexibility index (Phi) is 5.19. The zero-order chi connectivity index (χ0) is 12.0. The molecule has 1 N–H and O–H groups in total. The number of hydrogen-bond donors (Lipinski definition) is 1. The van der Waals surface area contributed by atoms with E-state index >= 15 is 0 Å². The topological polar surface area (TPSA) is 42.0 Å². The monoisotopic (exact) mass is 238 g/mol. The smallest absolute Gasteiger partial charge is 0.188 e. The van der Waals surface area contributed by atoms with Gasteiger partial charge in [-0.1, -0.05) is 13.5 Å². The molecule has 4 heteroatoms. The highest BCUT2D eigenvalue weighted by molar-refractivity contribution is 7.11. The van der Waals surface area contributed by atoms with Crippen LogP contribution in [0.15, 0.2) is 18.2 Å². The van der Waals surface area contributed by atoms with Crippen LogP contribution in [-0.2, 0) is 0 Å². The largest absolute Gasteiger partial charge is 0.391 e. The average molecular weight is 238 g/mol. The number of nitrogens with one attached hydrogen (secondary N) is 1. The molecular formula is C12H18N2OS. The zero-order valence-corrected chi connectivity index (χ0v) is 10.6. The fraction of sp³-hybridized carbons (Fsp3) is 0.500. The third-order valence-corrected chi connectivity index (χ3v) is 3.39. The maximum absolute atomic E-state index is 11.1. The van der Waals surface area contributed by atoms with Gasteiger partial charge in [0.25, 0.3) is 0 Å². The highest BCUT2D eigenvalue weighted by Gasteiger charge is 2.11. The summed E-state index contributed by atoms with van der Waals surface area (Å²) in [5, 5.41) is 5.68. The molecule has 0 spiro atoms. The van der Waals surface area contributed by atoms with E-state index in [-0.39, 0.29) is 5.78 Å². The maximum atomic E-state index is 11.1. The summed E-state index contributed by atoms with van der Waals surface area (Å²) in [4.78, 5) is 15.4. The Morgan fingerprint density at radius 3 is 3.06 bits per heavy atom. The molecule has 0 saturated heterocycles. The van der Waals surface area contributed by atoms with Crippen LogP contribution in [0.3, 0.4) is 0 Å². The van der Waals surface area contributed by atoms with Gasteiger partial charge in [0.2, 0.25) is 0 Å². The molecule has 1 aromatic heterocycles. The Labute approximate surface area is 101 Å². The Balaban J connectivity index is 2.43. The number of aromatic nitrogens is 1. The van der Waals surface area contributed by atoms with Crippen LogP contribution in [0.1, 0.15) is 48.1 Å². The van der Waals surface area contributed by atoms with Crippen molar-refractivity contribution in [1.82, 2.24) is 10.3 Å². The molecule has 1 aromatic rings. The minimum Gasteiger partial charge on any atom is -0.391 e. The van der Waals surface area contributed by atoms with Crippen LogP contribution >= 0.6 is 11.3 Å². The van der Waals surface area contributed by atoms with Crippen molar-refractivity contribution in [3.05, 3.63) is 28.9 Å². The predicted molar refractivity (Wildman–Crippen MR) is 68.0 cm³/mol. The summed E-state index contributed by atoms with van der Waals surface area (Å²) in [5.74, 6) is 0.465. The molecule has 0 aliphatic carbocycles. The number of Topliss-reactive ketones (excluding diaryl/α,β-unsaturated/α-hetero) is 1. The lowest BCUT2D eigenvalue weighted by atomic mass is 10.0. The highest BCUT2D eigenvalue weighted by Crippen LogP contribution is 2.22. The van der Waals surface area contributed by atoms with Gasteiger partial charge in [-0.3, -0.25) is 4.79 Å². The average Bonchev–Trinajstić information content (AvgIpc) is 2.73. The van der Waals surface area contributed by atoms with Crippen LogP contribution in [0, 0.1) is 0 Å². The van der Waals surface area contributed by atoms with Crippen LogP contribution < -0.4 is 5.32 Å². The van der Waals surface area contributed by atoms with Crippen molar-refractivity contribution in [1.29, 1.82) is 0 Å². The second-order valence-electron chi connectivity index (χ2n) is 3.84. The van der Waals surface area contributed by atoms with Crippen LogP contribution in [0.5, 0.6) is 0 Å². The van der Waals surface area contributed by atoms with Crippen molar-refractivity contribution in [2.45, 2.75) is 32.6 Å². The molecule has 3 nitrogen and oxygen atoms in total. The molecule has 0 radical (unpaired) electrons. The van der Waals surface area contributed by atoms with Crippen molar-refractivity contribution < 1.29 is 4.79 Å². The lowest BCUT2D eigenvalue weighted by Crippen LogP contribution is -2.07. The summed E-state index contributed by atoms with van der Waals surface area (Å²) in [6, 6.07) is 0. The molecule has 1 heterocycles. The van der Waals surface area contributed by atoms with E-state index in [0.717, 1.165) is 25.1 Å². The summed E-state index contributed by atoms with van der Waals surface area (Å²) in [5.41, 5.74) is 1.04. The molecular weight excluding hydrogens is 220 g/mol. The van der Waals surface area contributed by atoms with Crippen molar-refractivity contribution in [2.24, 2.45) is 0 Å². The van der Waals surface area contributed by atoms with Gasteiger partial charge in [0.15, 0.2) is 10.8 Å². The van der Waals surface area contributed by atoms with Gasteiger partial charge in [-0.2, -0.15) is 0 Å². The maximum Gasteiger partial charge on any atom is 0.188 e. The van der Waals surface area contributed by atoms with Gasteiger partial charge in [0.1, 0.15) is 0 Å². The lowest BCUT2D eigenvalue weighted by molar-refractivity contribution is 0.101. The van der Waals surface area contributed by atoms with E-state index in [0.29, 0.717) is 10.9 Å². The van der Waals surface area contributed by atoms with Crippen LogP contribution in [-0.4, -0.2) is 17.3 Å². The number of carbonyl (C=O) groups is 1.